The molecule has 0 saturated heterocycles. The van der Waals surface area contributed by atoms with Gasteiger partial charge in [0, 0.05) is 23.0 Å². The highest BCUT2D eigenvalue weighted by atomic mass is 35.5. The molecule has 0 unspecified atom stereocenters. The van der Waals surface area contributed by atoms with Crippen molar-refractivity contribution in [3.63, 3.8) is 0 Å². The topological polar surface area (TPSA) is 84.0 Å². The van der Waals surface area contributed by atoms with E-state index in [2.05, 4.69) is 20.6 Å². The number of hydrogen-bond acceptors (Lipinski definition) is 5. The fourth-order valence-electron chi connectivity index (χ4n) is 2.60. The van der Waals surface area contributed by atoms with E-state index in [9.17, 15) is 9.59 Å². The van der Waals surface area contributed by atoms with Crippen molar-refractivity contribution in [2.75, 3.05) is 10.6 Å². The normalized spacial score (nSPS) is 10.6. The Bertz CT molecular complexity index is 1180. The Labute approximate surface area is 169 Å². The number of anilines is 2. The van der Waals surface area contributed by atoms with Crippen LogP contribution in [0.2, 0.25) is 5.02 Å². The smallest absolute Gasteiger partial charge is 0.259 e. The van der Waals surface area contributed by atoms with Crippen molar-refractivity contribution < 1.29 is 9.59 Å². The van der Waals surface area contributed by atoms with E-state index in [0.717, 1.165) is 10.2 Å². The van der Waals surface area contributed by atoms with Crippen molar-refractivity contribution in [1.29, 1.82) is 0 Å². The van der Waals surface area contributed by atoms with E-state index in [1.807, 2.05) is 0 Å². The second-order valence-corrected chi connectivity index (χ2v) is 7.29. The third-order valence-corrected chi connectivity index (χ3v) is 5.10. The molecule has 0 atom stereocenters. The van der Waals surface area contributed by atoms with Crippen LogP contribution in [0.15, 0.2) is 67.0 Å². The number of nitrogens with one attached hydrogen (secondary N) is 2. The maximum atomic E-state index is 12.8. The quantitative estimate of drug-likeness (QED) is 0.505. The van der Waals surface area contributed by atoms with Crippen LogP contribution in [-0.2, 0) is 0 Å². The number of fused-ring (bicyclic) bond motifs is 1. The highest BCUT2D eigenvalue weighted by molar-refractivity contribution is 7.22. The number of rotatable bonds is 4. The largest absolute Gasteiger partial charge is 0.321 e. The first-order chi connectivity index (χ1) is 13.6. The molecule has 2 N–H and O–H groups in total. The molecule has 0 spiro atoms. The Balaban J connectivity index is 1.56. The van der Waals surface area contributed by atoms with Gasteiger partial charge in [-0.05, 0) is 42.5 Å². The predicted molar refractivity (Wildman–Crippen MR) is 111 cm³/mol. The van der Waals surface area contributed by atoms with Gasteiger partial charge in [-0.25, -0.2) is 4.98 Å². The highest BCUT2D eigenvalue weighted by Gasteiger charge is 2.16. The van der Waals surface area contributed by atoms with E-state index in [1.165, 1.54) is 23.7 Å². The molecule has 4 rings (SSSR count). The number of pyridine rings is 1. The van der Waals surface area contributed by atoms with Crippen LogP contribution in [0, 0.1) is 0 Å². The van der Waals surface area contributed by atoms with Crippen molar-refractivity contribution in [1.82, 2.24) is 9.97 Å². The van der Waals surface area contributed by atoms with E-state index in [0.29, 0.717) is 27.0 Å². The SMILES string of the molecule is O=C(Nc1ccccc1C(=O)Nc1nc2ccc(Cl)cc2s1)c1ccncc1. The van der Waals surface area contributed by atoms with Gasteiger partial charge >= 0.3 is 0 Å². The first-order valence-corrected chi connectivity index (χ1v) is 9.47. The Hall–Kier alpha value is -3.29. The number of benzene rings is 2. The van der Waals surface area contributed by atoms with Gasteiger partial charge in [-0.3, -0.25) is 19.9 Å². The average molecular weight is 409 g/mol. The van der Waals surface area contributed by atoms with Gasteiger partial charge in [-0.1, -0.05) is 35.1 Å². The molecule has 2 aromatic carbocycles. The fraction of sp³-hybridized carbons (Fsp3) is 0. The predicted octanol–water partition coefficient (Wildman–Crippen LogP) is 4.85. The molecule has 6 nitrogen and oxygen atoms in total. The van der Waals surface area contributed by atoms with Crippen LogP contribution < -0.4 is 10.6 Å². The van der Waals surface area contributed by atoms with Gasteiger partial charge in [-0.2, -0.15) is 0 Å². The van der Waals surface area contributed by atoms with E-state index in [1.54, 1.807) is 54.6 Å². The van der Waals surface area contributed by atoms with E-state index < -0.39 is 0 Å². The molecule has 138 valence electrons. The minimum Gasteiger partial charge on any atom is -0.321 e. The van der Waals surface area contributed by atoms with E-state index >= 15 is 0 Å². The Kier molecular flexibility index (Phi) is 5.01. The molecule has 4 aromatic rings. The summed E-state index contributed by atoms with van der Waals surface area (Å²) in [6.07, 6.45) is 3.07. The average Bonchev–Trinajstić information content (AvgIpc) is 3.10. The Morgan fingerprint density at radius 1 is 0.929 bits per heavy atom. The van der Waals surface area contributed by atoms with Gasteiger partial charge in [0.15, 0.2) is 5.13 Å². The molecule has 0 fully saturated rings. The van der Waals surface area contributed by atoms with Gasteiger partial charge in [0.1, 0.15) is 0 Å². The van der Waals surface area contributed by atoms with Crippen LogP contribution in [0.3, 0.4) is 0 Å². The molecule has 0 aliphatic heterocycles. The molecule has 0 radical (unpaired) electrons. The van der Waals surface area contributed by atoms with Crippen molar-refractivity contribution in [2.24, 2.45) is 0 Å². The van der Waals surface area contributed by atoms with E-state index in [4.69, 9.17) is 11.6 Å². The third kappa shape index (κ3) is 3.85. The second kappa shape index (κ2) is 7.75. The molecule has 2 aromatic heterocycles. The van der Waals surface area contributed by atoms with Crippen LogP contribution in [0.4, 0.5) is 10.8 Å². The van der Waals surface area contributed by atoms with Crippen LogP contribution in [0.5, 0.6) is 0 Å². The summed E-state index contributed by atoms with van der Waals surface area (Å²) in [6, 6.07) is 15.3. The van der Waals surface area contributed by atoms with Crippen molar-refractivity contribution in [3.8, 4) is 0 Å². The summed E-state index contributed by atoms with van der Waals surface area (Å²) in [4.78, 5) is 33.5. The monoisotopic (exact) mass is 408 g/mol. The summed E-state index contributed by atoms with van der Waals surface area (Å²) >= 11 is 7.33. The van der Waals surface area contributed by atoms with Crippen molar-refractivity contribution in [2.45, 2.75) is 0 Å². The second-order valence-electron chi connectivity index (χ2n) is 5.82. The number of aromatic nitrogens is 2. The lowest BCUT2D eigenvalue weighted by molar-refractivity contribution is 0.102. The first-order valence-electron chi connectivity index (χ1n) is 8.28. The molecule has 28 heavy (non-hydrogen) atoms. The highest BCUT2D eigenvalue weighted by Crippen LogP contribution is 2.29. The lowest BCUT2D eigenvalue weighted by Gasteiger charge is -2.10. The Morgan fingerprint density at radius 2 is 1.71 bits per heavy atom. The summed E-state index contributed by atoms with van der Waals surface area (Å²) in [5.74, 6) is -0.687. The zero-order valence-electron chi connectivity index (χ0n) is 14.3. The number of nitrogens with zero attached hydrogens (tertiary/aromatic N) is 2. The maximum absolute atomic E-state index is 12.8. The first kappa shape index (κ1) is 18.1. The molecule has 0 saturated carbocycles. The molecular weight excluding hydrogens is 396 g/mol. The van der Waals surface area contributed by atoms with Crippen LogP contribution in [0.25, 0.3) is 10.2 Å². The Morgan fingerprint density at radius 3 is 2.54 bits per heavy atom. The minimum absolute atomic E-state index is 0.322. The van der Waals surface area contributed by atoms with Gasteiger partial charge < -0.3 is 5.32 Å². The molecule has 8 heteroatoms. The number of halogens is 1. The maximum Gasteiger partial charge on any atom is 0.259 e. The van der Waals surface area contributed by atoms with Gasteiger partial charge in [0.05, 0.1) is 21.5 Å². The number of amides is 2. The third-order valence-electron chi connectivity index (χ3n) is 3.93. The molecule has 0 bridgehead atoms. The van der Waals surface area contributed by atoms with Gasteiger partial charge in [-0.15, -0.1) is 0 Å². The number of carbonyl (C=O) groups is 2. The van der Waals surface area contributed by atoms with Crippen molar-refractivity contribution in [3.05, 3.63) is 83.1 Å². The zero-order chi connectivity index (χ0) is 19.5. The summed E-state index contributed by atoms with van der Waals surface area (Å²) in [7, 11) is 0. The molecule has 2 heterocycles. The van der Waals surface area contributed by atoms with Crippen LogP contribution in [0.1, 0.15) is 20.7 Å². The standard InChI is InChI=1S/C20H13ClN4O2S/c21-13-5-6-16-17(11-13)28-20(24-16)25-19(27)14-3-1-2-4-15(14)23-18(26)12-7-9-22-10-8-12/h1-11H,(H,23,26)(H,24,25,27). The number of hydrogen-bond donors (Lipinski definition) is 2. The van der Waals surface area contributed by atoms with Crippen LogP contribution >= 0.6 is 22.9 Å². The van der Waals surface area contributed by atoms with E-state index in [-0.39, 0.29) is 11.8 Å². The fourth-order valence-corrected chi connectivity index (χ4v) is 3.74. The lowest BCUT2D eigenvalue weighted by Crippen LogP contribution is -2.18. The summed E-state index contributed by atoms with van der Waals surface area (Å²) in [5.41, 5.74) is 1.95. The van der Waals surface area contributed by atoms with Gasteiger partial charge in [0.2, 0.25) is 0 Å². The summed E-state index contributed by atoms with van der Waals surface area (Å²) < 4.78 is 0.877. The minimum atomic E-state index is -0.365. The van der Waals surface area contributed by atoms with Crippen molar-refractivity contribution >= 4 is 55.8 Å². The summed E-state index contributed by atoms with van der Waals surface area (Å²) in [6.45, 7) is 0. The van der Waals surface area contributed by atoms with Gasteiger partial charge in [0.25, 0.3) is 11.8 Å². The molecule has 0 aliphatic rings. The summed E-state index contributed by atoms with van der Waals surface area (Å²) in [5, 5.41) is 6.62. The number of thiazole rings is 1. The molecule has 0 aliphatic carbocycles. The molecule has 2 amide bonds. The molecular formula is C20H13ClN4O2S. The zero-order valence-corrected chi connectivity index (χ0v) is 15.9. The van der Waals surface area contributed by atoms with Crippen LogP contribution in [-0.4, -0.2) is 21.8 Å². The lowest BCUT2D eigenvalue weighted by atomic mass is 10.1. The number of para-hydroxylation sites is 1. The number of carbonyl (C=O) groups excluding carboxylic acids is 2.